The van der Waals surface area contributed by atoms with Crippen molar-refractivity contribution in [2.45, 2.75) is 25.1 Å². The van der Waals surface area contributed by atoms with Crippen molar-refractivity contribution in [3.63, 3.8) is 0 Å². The third-order valence-corrected chi connectivity index (χ3v) is 3.41. The molecule has 1 amide bonds. The van der Waals surface area contributed by atoms with Crippen LogP contribution >= 0.6 is 0 Å². The normalized spacial score (nSPS) is 16.1. The minimum absolute atomic E-state index is 0.157. The molecule has 0 bridgehead atoms. The van der Waals surface area contributed by atoms with Gasteiger partial charge in [0.05, 0.1) is 0 Å². The van der Waals surface area contributed by atoms with Gasteiger partial charge in [0.2, 0.25) is 5.91 Å². The number of carbonyl (C=O) groups excluding carboxylic acids is 1. The first kappa shape index (κ1) is 13.4. The molecule has 0 radical (unpaired) electrons. The number of amides is 1. The smallest absolute Gasteiger partial charge is 0.240 e. The summed E-state index contributed by atoms with van der Waals surface area (Å²) in [6.45, 7) is 3.50. The monoisotopic (exact) mass is 222 g/mol. The van der Waals surface area contributed by atoms with E-state index < -0.39 is 21.0 Å². The fourth-order valence-corrected chi connectivity index (χ4v) is 1.56. The predicted molar refractivity (Wildman–Crippen MR) is 55.6 cm³/mol. The van der Waals surface area contributed by atoms with Crippen LogP contribution < -0.4 is 5.73 Å². The highest BCUT2D eigenvalue weighted by Gasteiger charge is 2.26. The summed E-state index contributed by atoms with van der Waals surface area (Å²) in [6, 6.07) is -0.157. The van der Waals surface area contributed by atoms with Crippen LogP contribution in [0.25, 0.3) is 0 Å². The molecule has 0 heterocycles. The van der Waals surface area contributed by atoms with E-state index in [-0.39, 0.29) is 6.04 Å². The molecular weight excluding hydrogens is 204 g/mol. The second-order valence-electron chi connectivity index (χ2n) is 3.67. The van der Waals surface area contributed by atoms with Gasteiger partial charge in [-0.15, -0.1) is 0 Å². The van der Waals surface area contributed by atoms with E-state index in [9.17, 15) is 13.2 Å². The van der Waals surface area contributed by atoms with Gasteiger partial charge < -0.3 is 10.6 Å². The summed E-state index contributed by atoms with van der Waals surface area (Å²) in [5, 5.41) is -0.994. The standard InChI is InChI=1S/C8H18N2O3S/c1-6(9)5-10(3)8(11)7(2)14(4,12)13/h6-7H,5,9H2,1-4H3. The molecule has 0 aliphatic heterocycles. The van der Waals surface area contributed by atoms with Gasteiger partial charge in [-0.3, -0.25) is 4.79 Å². The van der Waals surface area contributed by atoms with Crippen LogP contribution in [0.15, 0.2) is 0 Å². The average Bonchev–Trinajstić information content (AvgIpc) is 1.98. The molecule has 0 spiro atoms. The Morgan fingerprint density at radius 1 is 1.43 bits per heavy atom. The van der Waals surface area contributed by atoms with Crippen LogP contribution in [0.3, 0.4) is 0 Å². The topological polar surface area (TPSA) is 80.5 Å². The molecule has 0 saturated heterocycles. The summed E-state index contributed by atoms with van der Waals surface area (Å²) in [4.78, 5) is 12.9. The van der Waals surface area contributed by atoms with E-state index in [0.717, 1.165) is 6.26 Å². The highest BCUT2D eigenvalue weighted by molar-refractivity contribution is 7.92. The highest BCUT2D eigenvalue weighted by atomic mass is 32.2. The molecule has 0 fully saturated rings. The molecule has 0 aliphatic carbocycles. The number of nitrogens with two attached hydrogens (primary N) is 1. The van der Waals surface area contributed by atoms with Crippen LogP contribution in [0, 0.1) is 0 Å². The Morgan fingerprint density at radius 3 is 2.14 bits per heavy atom. The number of carbonyl (C=O) groups is 1. The van der Waals surface area contributed by atoms with E-state index in [2.05, 4.69) is 0 Å². The van der Waals surface area contributed by atoms with Gasteiger partial charge in [0, 0.05) is 25.9 Å². The van der Waals surface area contributed by atoms with Gasteiger partial charge in [-0.25, -0.2) is 8.42 Å². The van der Waals surface area contributed by atoms with E-state index in [1.54, 1.807) is 14.0 Å². The molecule has 2 unspecified atom stereocenters. The maximum absolute atomic E-state index is 11.5. The molecule has 0 aromatic carbocycles. The van der Waals surface area contributed by atoms with Crippen molar-refractivity contribution in [3.8, 4) is 0 Å². The van der Waals surface area contributed by atoms with Gasteiger partial charge in [-0.05, 0) is 13.8 Å². The second kappa shape index (κ2) is 4.75. The lowest BCUT2D eigenvalue weighted by Gasteiger charge is -2.22. The Bertz CT molecular complexity index is 298. The van der Waals surface area contributed by atoms with Gasteiger partial charge in [-0.1, -0.05) is 0 Å². The maximum Gasteiger partial charge on any atom is 0.240 e. The first-order valence-corrected chi connectivity index (χ1v) is 6.31. The van der Waals surface area contributed by atoms with Crippen molar-refractivity contribution in [3.05, 3.63) is 0 Å². The molecule has 0 aromatic heterocycles. The molecule has 0 saturated carbocycles. The Labute approximate surface area is 85.2 Å². The third kappa shape index (κ3) is 4.06. The van der Waals surface area contributed by atoms with Crippen molar-refractivity contribution < 1.29 is 13.2 Å². The summed E-state index contributed by atoms with van der Waals surface area (Å²) in [7, 11) is -1.77. The number of nitrogens with zero attached hydrogens (tertiary/aromatic N) is 1. The van der Waals surface area contributed by atoms with E-state index in [1.165, 1.54) is 11.8 Å². The van der Waals surface area contributed by atoms with Crippen molar-refractivity contribution in [2.75, 3.05) is 19.8 Å². The van der Waals surface area contributed by atoms with Gasteiger partial charge >= 0.3 is 0 Å². The lowest BCUT2D eigenvalue weighted by molar-refractivity contribution is -0.129. The lowest BCUT2D eigenvalue weighted by atomic mass is 10.3. The zero-order valence-corrected chi connectivity index (χ0v) is 9.84. The van der Waals surface area contributed by atoms with Crippen LogP contribution in [-0.2, 0) is 14.6 Å². The van der Waals surface area contributed by atoms with Gasteiger partial charge in [0.25, 0.3) is 0 Å². The second-order valence-corrected chi connectivity index (χ2v) is 6.03. The summed E-state index contributed by atoms with van der Waals surface area (Å²) in [6.07, 6.45) is 1.05. The lowest BCUT2D eigenvalue weighted by Crippen LogP contribution is -2.43. The fraction of sp³-hybridized carbons (Fsp3) is 0.875. The minimum atomic E-state index is -3.31. The Kier molecular flexibility index (Phi) is 4.54. The summed E-state index contributed by atoms with van der Waals surface area (Å²) in [5.41, 5.74) is 5.50. The number of likely N-dealkylation sites (N-methyl/N-ethyl adjacent to an activating group) is 1. The minimum Gasteiger partial charge on any atom is -0.343 e. The van der Waals surface area contributed by atoms with E-state index >= 15 is 0 Å². The Morgan fingerprint density at radius 2 is 1.86 bits per heavy atom. The van der Waals surface area contributed by atoms with Crippen molar-refractivity contribution >= 4 is 15.7 Å². The number of rotatable bonds is 4. The zero-order chi connectivity index (χ0) is 11.5. The Balaban J connectivity index is 4.48. The number of hydrogen-bond donors (Lipinski definition) is 1. The molecule has 2 atom stereocenters. The van der Waals surface area contributed by atoms with Gasteiger partial charge in [0.1, 0.15) is 5.25 Å². The van der Waals surface area contributed by atoms with Crippen molar-refractivity contribution in [2.24, 2.45) is 5.73 Å². The molecule has 5 nitrogen and oxygen atoms in total. The number of hydrogen-bond acceptors (Lipinski definition) is 4. The molecule has 2 N–H and O–H groups in total. The van der Waals surface area contributed by atoms with Crippen molar-refractivity contribution in [1.29, 1.82) is 0 Å². The van der Waals surface area contributed by atoms with E-state index in [4.69, 9.17) is 5.73 Å². The first-order chi connectivity index (χ1) is 6.16. The molecule has 84 valence electrons. The van der Waals surface area contributed by atoms with Crippen molar-refractivity contribution in [1.82, 2.24) is 4.90 Å². The van der Waals surface area contributed by atoms with Crippen LogP contribution in [0.2, 0.25) is 0 Å². The highest BCUT2D eigenvalue weighted by Crippen LogP contribution is 2.02. The first-order valence-electron chi connectivity index (χ1n) is 4.35. The van der Waals surface area contributed by atoms with E-state index in [0.29, 0.717) is 6.54 Å². The summed E-state index contributed by atoms with van der Waals surface area (Å²) in [5.74, 6) is -0.412. The molecule has 14 heavy (non-hydrogen) atoms. The summed E-state index contributed by atoms with van der Waals surface area (Å²) >= 11 is 0. The molecular formula is C8H18N2O3S. The molecule has 0 aromatic rings. The van der Waals surface area contributed by atoms with Gasteiger partial charge in [-0.2, -0.15) is 0 Å². The average molecular weight is 222 g/mol. The van der Waals surface area contributed by atoms with Crippen LogP contribution in [0.4, 0.5) is 0 Å². The predicted octanol–water partition coefficient (Wildman–Crippen LogP) is -0.775. The molecule has 0 aliphatic rings. The number of sulfone groups is 1. The van der Waals surface area contributed by atoms with Crippen LogP contribution in [-0.4, -0.2) is 50.4 Å². The third-order valence-electron chi connectivity index (χ3n) is 1.93. The van der Waals surface area contributed by atoms with E-state index in [1.807, 2.05) is 0 Å². The molecule has 6 heteroatoms. The Hall–Kier alpha value is -0.620. The van der Waals surface area contributed by atoms with Crippen LogP contribution in [0.5, 0.6) is 0 Å². The molecule has 0 rings (SSSR count). The fourth-order valence-electron chi connectivity index (χ4n) is 1.02. The SMILES string of the molecule is CC(N)CN(C)C(=O)C(C)S(C)(=O)=O. The summed E-state index contributed by atoms with van der Waals surface area (Å²) < 4.78 is 22.2. The van der Waals surface area contributed by atoms with Crippen LogP contribution in [0.1, 0.15) is 13.8 Å². The quantitative estimate of drug-likeness (QED) is 0.677. The largest absolute Gasteiger partial charge is 0.343 e. The maximum atomic E-state index is 11.5. The van der Waals surface area contributed by atoms with Gasteiger partial charge in [0.15, 0.2) is 9.84 Å². The zero-order valence-electron chi connectivity index (χ0n) is 9.02.